The Kier molecular flexibility index (Phi) is 6.70. The molecule has 1 saturated carbocycles. The number of anilines is 1. The molecule has 3 aromatic rings. The Morgan fingerprint density at radius 2 is 1.86 bits per heavy atom. The van der Waals surface area contributed by atoms with Crippen molar-refractivity contribution in [2.75, 3.05) is 25.6 Å². The molecule has 184 valence electrons. The molecular formula is C26H29N3O6. The molecule has 0 spiro atoms. The van der Waals surface area contributed by atoms with Gasteiger partial charge < -0.3 is 29.7 Å². The molecule has 5 rings (SSSR count). The van der Waals surface area contributed by atoms with Crippen molar-refractivity contribution in [3.63, 3.8) is 0 Å². The number of aromatic nitrogens is 2. The number of rotatable bonds is 6. The van der Waals surface area contributed by atoms with Crippen molar-refractivity contribution in [1.82, 2.24) is 9.97 Å². The van der Waals surface area contributed by atoms with Crippen LogP contribution in [0.15, 0.2) is 42.6 Å². The van der Waals surface area contributed by atoms with E-state index in [9.17, 15) is 15.0 Å². The lowest BCUT2D eigenvalue weighted by Gasteiger charge is -2.33. The van der Waals surface area contributed by atoms with Gasteiger partial charge in [-0.05, 0) is 49.8 Å². The van der Waals surface area contributed by atoms with Crippen molar-refractivity contribution < 1.29 is 29.2 Å². The summed E-state index contributed by atoms with van der Waals surface area (Å²) in [6.07, 6.45) is 1.96. The van der Waals surface area contributed by atoms with Gasteiger partial charge in [0.05, 0.1) is 30.4 Å². The standard InChI is InChI=1S/C26H29N3O6/c1-33-22-14-27-19-4-2-3-18(23(19)29-22)25(31)24(30)15-5-7-16(8-6-15)26(32)28-17-9-10-20-21(13-17)35-12-11-34-20/h2-4,9-10,13-16,24-25,30-31H,5-8,11-12H2,1H3,(H,28,32)/t15-,16-,24-,25-/m1/s1. The maximum absolute atomic E-state index is 12.9. The van der Waals surface area contributed by atoms with Crippen LogP contribution in [0.5, 0.6) is 17.4 Å². The molecule has 1 aliphatic heterocycles. The van der Waals surface area contributed by atoms with Crippen molar-refractivity contribution in [2.45, 2.75) is 37.9 Å². The normalized spacial score (nSPS) is 21.2. The third-order valence-corrected chi connectivity index (χ3v) is 6.87. The summed E-state index contributed by atoms with van der Waals surface area (Å²) in [6, 6.07) is 10.7. The molecule has 1 aliphatic carbocycles. The molecule has 2 aromatic carbocycles. The summed E-state index contributed by atoms with van der Waals surface area (Å²) in [7, 11) is 1.51. The fourth-order valence-corrected chi connectivity index (χ4v) is 4.91. The van der Waals surface area contributed by atoms with E-state index < -0.39 is 12.2 Å². The molecule has 2 heterocycles. The van der Waals surface area contributed by atoms with E-state index in [1.807, 2.05) is 0 Å². The van der Waals surface area contributed by atoms with Gasteiger partial charge >= 0.3 is 0 Å². The molecule has 9 nitrogen and oxygen atoms in total. The minimum atomic E-state index is -1.12. The number of aliphatic hydroxyl groups excluding tert-OH is 2. The van der Waals surface area contributed by atoms with E-state index in [1.54, 1.807) is 36.4 Å². The van der Waals surface area contributed by atoms with E-state index in [4.69, 9.17) is 14.2 Å². The van der Waals surface area contributed by atoms with Crippen LogP contribution < -0.4 is 19.5 Å². The van der Waals surface area contributed by atoms with Crippen molar-refractivity contribution in [1.29, 1.82) is 0 Å². The SMILES string of the molecule is COc1cnc2cccc([C@@H](O)[C@H](O)[C@H]3CC[C@H](C(=O)Nc4ccc5c(c4)OCCO5)CC3)c2n1. The summed E-state index contributed by atoms with van der Waals surface area (Å²) in [4.78, 5) is 21.6. The monoisotopic (exact) mass is 479 g/mol. The quantitative estimate of drug-likeness (QED) is 0.492. The predicted octanol–water partition coefficient (Wildman–Crippen LogP) is 3.25. The number of carbonyl (C=O) groups is 1. The minimum absolute atomic E-state index is 0.0495. The first-order chi connectivity index (χ1) is 17.0. The van der Waals surface area contributed by atoms with E-state index in [0.717, 1.165) is 0 Å². The van der Waals surface area contributed by atoms with Gasteiger partial charge in [0.1, 0.15) is 19.3 Å². The van der Waals surface area contributed by atoms with E-state index in [-0.39, 0.29) is 17.7 Å². The summed E-state index contributed by atoms with van der Waals surface area (Å²) in [5.74, 6) is 1.32. The Labute approximate surface area is 203 Å². The van der Waals surface area contributed by atoms with E-state index in [1.165, 1.54) is 13.3 Å². The summed E-state index contributed by atoms with van der Waals surface area (Å²) in [5.41, 5.74) is 2.31. The Hall–Kier alpha value is -3.43. The molecule has 1 aromatic heterocycles. The molecule has 1 amide bonds. The third kappa shape index (κ3) is 4.87. The number of methoxy groups -OCH3 is 1. The van der Waals surface area contributed by atoms with Gasteiger partial charge in [0.25, 0.3) is 0 Å². The number of para-hydroxylation sites is 1. The molecule has 9 heteroatoms. The van der Waals surface area contributed by atoms with Crippen molar-refractivity contribution in [3.05, 3.63) is 48.2 Å². The van der Waals surface area contributed by atoms with E-state index >= 15 is 0 Å². The first-order valence-corrected chi connectivity index (χ1v) is 11.9. The molecule has 0 saturated heterocycles. The first kappa shape index (κ1) is 23.3. The number of hydrogen-bond donors (Lipinski definition) is 3. The number of aliphatic hydroxyl groups is 2. The number of hydrogen-bond acceptors (Lipinski definition) is 8. The zero-order valence-corrected chi connectivity index (χ0v) is 19.5. The second-order valence-corrected chi connectivity index (χ2v) is 9.02. The van der Waals surface area contributed by atoms with Gasteiger partial charge in [0, 0.05) is 23.2 Å². The second kappa shape index (κ2) is 10.1. The molecular weight excluding hydrogens is 450 g/mol. The number of carbonyl (C=O) groups excluding carboxylic acids is 1. The number of nitrogens with zero attached hydrogens (tertiary/aromatic N) is 2. The topological polar surface area (TPSA) is 123 Å². The molecule has 2 atom stereocenters. The van der Waals surface area contributed by atoms with Gasteiger partial charge in [-0.15, -0.1) is 0 Å². The van der Waals surface area contributed by atoms with Crippen LogP contribution in [0.3, 0.4) is 0 Å². The van der Waals surface area contributed by atoms with Crippen LogP contribution >= 0.6 is 0 Å². The van der Waals surface area contributed by atoms with E-state index in [2.05, 4.69) is 15.3 Å². The smallest absolute Gasteiger partial charge is 0.232 e. The number of nitrogens with one attached hydrogen (secondary N) is 1. The van der Waals surface area contributed by atoms with Crippen LogP contribution in [-0.4, -0.2) is 52.5 Å². The average molecular weight is 480 g/mol. The largest absolute Gasteiger partial charge is 0.486 e. The zero-order chi connectivity index (χ0) is 24.4. The third-order valence-electron chi connectivity index (χ3n) is 6.87. The zero-order valence-electron chi connectivity index (χ0n) is 19.5. The highest BCUT2D eigenvalue weighted by Crippen LogP contribution is 2.37. The molecule has 0 unspecified atom stereocenters. The van der Waals surface area contributed by atoms with Crippen LogP contribution in [0.1, 0.15) is 37.4 Å². The van der Waals surface area contributed by atoms with Crippen LogP contribution in [-0.2, 0) is 4.79 Å². The fraction of sp³-hybridized carbons (Fsp3) is 0.423. The summed E-state index contributed by atoms with van der Waals surface area (Å²) in [5, 5.41) is 25.0. The van der Waals surface area contributed by atoms with Crippen LogP contribution in [0.2, 0.25) is 0 Å². The Morgan fingerprint density at radius 1 is 1.09 bits per heavy atom. The lowest BCUT2D eigenvalue weighted by Crippen LogP contribution is -2.34. The van der Waals surface area contributed by atoms with Crippen LogP contribution in [0, 0.1) is 11.8 Å². The number of benzene rings is 2. The Bertz CT molecular complexity index is 1210. The maximum atomic E-state index is 12.9. The van der Waals surface area contributed by atoms with Gasteiger partial charge in [-0.2, -0.15) is 0 Å². The molecule has 0 bridgehead atoms. The van der Waals surface area contributed by atoms with Crippen LogP contribution in [0.25, 0.3) is 11.0 Å². The molecule has 1 fully saturated rings. The van der Waals surface area contributed by atoms with Gasteiger partial charge in [0.2, 0.25) is 11.8 Å². The molecule has 3 N–H and O–H groups in total. The lowest BCUT2D eigenvalue weighted by molar-refractivity contribution is -0.121. The lowest BCUT2D eigenvalue weighted by atomic mass is 9.77. The highest BCUT2D eigenvalue weighted by Gasteiger charge is 2.34. The summed E-state index contributed by atoms with van der Waals surface area (Å²) in [6.45, 7) is 1.01. The van der Waals surface area contributed by atoms with Crippen LogP contribution in [0.4, 0.5) is 5.69 Å². The van der Waals surface area contributed by atoms with Gasteiger partial charge in [-0.25, -0.2) is 9.97 Å². The molecule has 2 aliphatic rings. The summed E-state index contributed by atoms with van der Waals surface area (Å²) >= 11 is 0. The summed E-state index contributed by atoms with van der Waals surface area (Å²) < 4.78 is 16.3. The highest BCUT2D eigenvalue weighted by atomic mass is 16.6. The average Bonchev–Trinajstić information content (AvgIpc) is 2.91. The van der Waals surface area contributed by atoms with Crippen molar-refractivity contribution in [3.8, 4) is 17.4 Å². The number of ether oxygens (including phenoxy) is 3. The Balaban J connectivity index is 1.21. The number of fused-ring (bicyclic) bond motifs is 2. The Morgan fingerprint density at radius 3 is 2.63 bits per heavy atom. The van der Waals surface area contributed by atoms with Gasteiger partial charge in [-0.3, -0.25) is 4.79 Å². The molecule has 0 radical (unpaired) electrons. The van der Waals surface area contributed by atoms with Crippen molar-refractivity contribution >= 4 is 22.6 Å². The van der Waals surface area contributed by atoms with Crippen molar-refractivity contribution in [2.24, 2.45) is 11.8 Å². The predicted molar refractivity (Wildman–Crippen MR) is 129 cm³/mol. The van der Waals surface area contributed by atoms with E-state index in [0.29, 0.717) is 78.6 Å². The first-order valence-electron chi connectivity index (χ1n) is 11.9. The maximum Gasteiger partial charge on any atom is 0.232 e. The molecule has 35 heavy (non-hydrogen) atoms. The minimum Gasteiger partial charge on any atom is -0.486 e. The number of amides is 1. The highest BCUT2D eigenvalue weighted by molar-refractivity contribution is 5.93. The van der Waals surface area contributed by atoms with Gasteiger partial charge in [0.15, 0.2) is 11.5 Å². The second-order valence-electron chi connectivity index (χ2n) is 9.02. The fourth-order valence-electron chi connectivity index (χ4n) is 4.91. The van der Waals surface area contributed by atoms with Gasteiger partial charge in [-0.1, -0.05) is 12.1 Å².